The number of aliphatic hydroxyl groups is 1. The number of fused-ring (bicyclic) bond motifs is 6. The molecule has 17 nitrogen and oxygen atoms in total. The third kappa shape index (κ3) is 15.2. The van der Waals surface area contributed by atoms with Gasteiger partial charge in [-0.2, -0.15) is 13.2 Å². The van der Waals surface area contributed by atoms with E-state index in [2.05, 4.69) is 24.5 Å². The van der Waals surface area contributed by atoms with Gasteiger partial charge in [-0.25, -0.2) is 40.1 Å². The molecular formula is C54H59ClF5N6O11PS2. The summed E-state index contributed by atoms with van der Waals surface area (Å²) < 4.78 is 143. The number of sulfone groups is 2. The average Bonchev–Trinajstić information content (AvgIpc) is 4.15. The number of halogens is 6. The predicted molar refractivity (Wildman–Crippen MR) is 296 cm³/mol. The van der Waals surface area contributed by atoms with Crippen molar-refractivity contribution in [3.05, 3.63) is 108 Å². The Labute approximate surface area is 463 Å². The van der Waals surface area contributed by atoms with Crippen LogP contribution in [0.5, 0.6) is 11.5 Å². The van der Waals surface area contributed by atoms with Crippen molar-refractivity contribution >= 4 is 83.0 Å². The molecule has 0 bridgehead atoms. The quantitative estimate of drug-likeness (QED) is 0.0203. The van der Waals surface area contributed by atoms with Crippen LogP contribution in [0.4, 0.5) is 22.0 Å². The van der Waals surface area contributed by atoms with Crippen LogP contribution < -0.4 is 9.47 Å². The monoisotopic (exact) mass is 1190 g/mol. The molecule has 0 saturated heterocycles. The Morgan fingerprint density at radius 2 is 1.30 bits per heavy atom. The lowest BCUT2D eigenvalue weighted by Crippen LogP contribution is -2.37. The number of hydrogen-bond acceptors (Lipinski definition) is 13. The minimum Gasteiger partial charge on any atom is -0.491 e. The first kappa shape index (κ1) is 60.3. The molecule has 5 N–H and O–H groups in total. The number of rotatable bonds is 25. The summed E-state index contributed by atoms with van der Waals surface area (Å²) in [5, 5.41) is 12.3. The molecule has 1 aliphatic rings. The molecule has 80 heavy (non-hydrogen) atoms. The van der Waals surface area contributed by atoms with Gasteiger partial charge in [0.1, 0.15) is 22.8 Å². The number of benzene rings is 4. The van der Waals surface area contributed by atoms with Gasteiger partial charge in [-0.15, -0.1) is 0 Å². The summed E-state index contributed by atoms with van der Waals surface area (Å²) in [6, 6.07) is 24.6. The van der Waals surface area contributed by atoms with Crippen molar-refractivity contribution in [3.8, 4) is 33.8 Å². The summed E-state index contributed by atoms with van der Waals surface area (Å²) in [5.41, 5.74) is 6.42. The molecule has 4 aromatic carbocycles. The molecule has 0 atom stereocenters. The van der Waals surface area contributed by atoms with Gasteiger partial charge in [0.15, 0.2) is 19.7 Å². The molecule has 0 unspecified atom stereocenters. The Kier molecular flexibility index (Phi) is 19.3. The molecule has 0 radical (unpaired) electrons. The number of phosphoric ester groups is 1. The first-order valence-corrected chi connectivity index (χ1v) is 30.6. The fraction of sp³-hybridized carbons (Fsp3) is 0.370. The highest BCUT2D eigenvalue weighted by atomic mass is 35.5. The number of alkyl halides is 5. The van der Waals surface area contributed by atoms with E-state index in [1.165, 1.54) is 11.1 Å². The SMILES string of the molecule is CCS(=O)(=O)c1cccc(-c2ccc(OCCCN(CCO)CC(F)(F)F)c3[nH]c4ncc(C)cc4c23)c1.O=P(O)(O)OCCN(CCCOc1ccc(-c2cccc(S(=O)(=O)C3CC3)c2)c2c1[nH]c1ncc(Cl)cc12)CC(F)F. The van der Waals surface area contributed by atoms with Crippen LogP contribution in [0.2, 0.25) is 5.02 Å². The Hall–Kier alpha value is -5.79. The molecule has 0 aliphatic heterocycles. The second kappa shape index (κ2) is 25.6. The van der Waals surface area contributed by atoms with Crippen molar-refractivity contribution in [2.45, 2.75) is 67.2 Å². The van der Waals surface area contributed by atoms with Gasteiger partial charge in [0, 0.05) is 60.1 Å². The zero-order valence-corrected chi connectivity index (χ0v) is 46.7. The number of aromatic amines is 2. The molecule has 430 valence electrons. The van der Waals surface area contributed by atoms with E-state index in [9.17, 15) is 43.4 Å². The number of nitrogens with zero attached hydrogens (tertiary/aromatic N) is 4. The van der Waals surface area contributed by atoms with Gasteiger partial charge in [-0.05, 0) is 121 Å². The molecule has 4 aromatic heterocycles. The van der Waals surface area contributed by atoms with Gasteiger partial charge in [-0.3, -0.25) is 14.3 Å². The number of aryl methyl sites for hydroxylation is 1. The summed E-state index contributed by atoms with van der Waals surface area (Å²) in [7, 11) is -11.5. The van der Waals surface area contributed by atoms with Gasteiger partial charge < -0.3 is 34.3 Å². The van der Waals surface area contributed by atoms with E-state index in [0.29, 0.717) is 70.1 Å². The van der Waals surface area contributed by atoms with E-state index >= 15 is 0 Å². The number of phosphoric acid groups is 1. The maximum Gasteiger partial charge on any atom is 0.469 e. The van der Waals surface area contributed by atoms with Gasteiger partial charge >= 0.3 is 14.0 Å². The number of pyridine rings is 2. The Morgan fingerprint density at radius 3 is 1.84 bits per heavy atom. The van der Waals surface area contributed by atoms with Crippen LogP contribution in [0.25, 0.3) is 66.1 Å². The summed E-state index contributed by atoms with van der Waals surface area (Å²) in [5.74, 6) is 0.990. The minimum absolute atomic E-state index is 0.00640. The fourth-order valence-electron chi connectivity index (χ4n) is 9.34. The molecule has 26 heteroatoms. The van der Waals surface area contributed by atoms with Crippen LogP contribution in [0.15, 0.2) is 107 Å². The third-order valence-electron chi connectivity index (χ3n) is 13.2. The summed E-state index contributed by atoms with van der Waals surface area (Å²) >= 11 is 6.27. The van der Waals surface area contributed by atoms with E-state index in [1.54, 1.807) is 67.7 Å². The third-order valence-corrected chi connectivity index (χ3v) is 17.9. The van der Waals surface area contributed by atoms with Gasteiger partial charge in [-0.1, -0.05) is 42.8 Å². The zero-order chi connectivity index (χ0) is 57.6. The average molecular weight is 1190 g/mol. The van der Waals surface area contributed by atoms with Gasteiger partial charge in [0.2, 0.25) is 0 Å². The van der Waals surface area contributed by atoms with Crippen LogP contribution in [0.1, 0.15) is 38.2 Å². The topological polar surface area (TPSA) is 238 Å². The second-order valence-corrected chi connectivity index (χ2v) is 25.4. The van der Waals surface area contributed by atoms with Crippen LogP contribution in [-0.4, -0.2) is 151 Å². The predicted octanol–water partition coefficient (Wildman–Crippen LogP) is 10.5. The van der Waals surface area contributed by atoms with Crippen molar-refractivity contribution in [3.63, 3.8) is 0 Å². The van der Waals surface area contributed by atoms with Crippen molar-refractivity contribution < 1.29 is 72.2 Å². The molecule has 1 aliphatic carbocycles. The van der Waals surface area contributed by atoms with Crippen molar-refractivity contribution in [1.29, 1.82) is 0 Å². The van der Waals surface area contributed by atoms with Crippen molar-refractivity contribution in [2.75, 3.05) is 71.4 Å². The molecule has 8 aromatic rings. The van der Waals surface area contributed by atoms with Crippen LogP contribution in [0, 0.1) is 6.92 Å². The number of aromatic nitrogens is 4. The molecular weight excluding hydrogens is 1130 g/mol. The highest BCUT2D eigenvalue weighted by Crippen LogP contribution is 2.43. The first-order chi connectivity index (χ1) is 37.9. The number of nitrogens with one attached hydrogen (secondary N) is 2. The fourth-order valence-corrected chi connectivity index (χ4v) is 12.4. The molecule has 0 spiro atoms. The second-order valence-electron chi connectivity index (χ2n) is 19.2. The Bertz CT molecular complexity index is 3770. The van der Waals surface area contributed by atoms with Gasteiger partial charge in [0.05, 0.1) is 76.4 Å². The molecule has 4 heterocycles. The lowest BCUT2D eigenvalue weighted by Gasteiger charge is -2.22. The number of H-pyrrole nitrogens is 2. The van der Waals surface area contributed by atoms with E-state index in [4.69, 9.17) is 36.0 Å². The van der Waals surface area contributed by atoms with Gasteiger partial charge in [0.25, 0.3) is 6.43 Å². The summed E-state index contributed by atoms with van der Waals surface area (Å²) in [4.78, 5) is 36.1. The Balaban J connectivity index is 0.000000211. The lowest BCUT2D eigenvalue weighted by atomic mass is 9.99. The largest absolute Gasteiger partial charge is 0.491 e. The Morgan fingerprint density at radius 1 is 0.750 bits per heavy atom. The number of hydrogen-bond donors (Lipinski definition) is 5. The number of ether oxygens (including phenoxy) is 2. The van der Waals surface area contributed by atoms with E-state index in [0.717, 1.165) is 48.7 Å². The van der Waals surface area contributed by atoms with Crippen molar-refractivity contribution in [2.24, 2.45) is 0 Å². The molecule has 9 rings (SSSR count). The normalized spacial score (nSPS) is 13.6. The van der Waals surface area contributed by atoms with E-state index in [1.807, 2.05) is 37.3 Å². The highest BCUT2D eigenvalue weighted by Gasteiger charge is 2.37. The standard InChI is InChI=1S/C27H29ClF2N3O7PS.C27H30F3N3O4S/c28-18-14-22-25-21(17-3-1-4-20(13-17)42(37,38)19-5-6-19)7-8-23(26(25)32-27(22)31-15-18)39-11-2-9-33(16-24(29)30)10-12-40-41(34,35)36;1-3-38(35,36)20-7-4-6-19(15-20)21-8-9-23(25-24(21)22-14-18(2)16-31-26(22)32-25)37-13-5-10-33(11-12-34)17-27(28,29)30/h1,3-4,7-8,13-15,19,24H,2,5-6,9-12,16H2,(H,31,32)(H2,34,35,36);4,6-9,14-16,34H,3,5,10-13,17H2,1-2H3,(H,31,32). The highest BCUT2D eigenvalue weighted by molar-refractivity contribution is 7.92. The first-order valence-electron chi connectivity index (χ1n) is 25.5. The summed E-state index contributed by atoms with van der Waals surface area (Å²) in [6.45, 7) is 1.58. The maximum atomic E-state index is 13.0. The maximum absolute atomic E-state index is 13.0. The minimum atomic E-state index is -4.69. The molecule has 0 amide bonds. The van der Waals surface area contributed by atoms with E-state index < -0.39 is 59.8 Å². The summed E-state index contributed by atoms with van der Waals surface area (Å²) in [6.07, 6.45) is -1.73. The number of aliphatic hydroxyl groups excluding tert-OH is 1. The van der Waals surface area contributed by atoms with Crippen LogP contribution in [0.3, 0.4) is 0 Å². The van der Waals surface area contributed by atoms with Crippen LogP contribution in [-0.2, 0) is 28.8 Å². The smallest absolute Gasteiger partial charge is 0.469 e. The molecule has 1 saturated carbocycles. The zero-order valence-electron chi connectivity index (χ0n) is 43.4. The van der Waals surface area contributed by atoms with E-state index in [-0.39, 0.29) is 66.8 Å². The van der Waals surface area contributed by atoms with Crippen LogP contribution >= 0.6 is 19.4 Å². The molecule has 1 fully saturated rings. The lowest BCUT2D eigenvalue weighted by molar-refractivity contribution is -0.147. The van der Waals surface area contributed by atoms with Crippen molar-refractivity contribution in [1.82, 2.24) is 29.7 Å².